The summed E-state index contributed by atoms with van der Waals surface area (Å²) >= 11 is 0. The van der Waals surface area contributed by atoms with Gasteiger partial charge in [-0.2, -0.15) is 0 Å². The minimum Gasteiger partial charge on any atom is -0.497 e. The Bertz CT molecular complexity index is 757. The molecule has 0 saturated heterocycles. The summed E-state index contributed by atoms with van der Waals surface area (Å²) in [5.74, 6) is 1.06. The van der Waals surface area contributed by atoms with E-state index < -0.39 is 6.04 Å². The third-order valence-corrected chi connectivity index (χ3v) is 3.73. The molecule has 0 heterocycles. The molecule has 25 heavy (non-hydrogen) atoms. The van der Waals surface area contributed by atoms with Crippen molar-refractivity contribution in [3.05, 3.63) is 48.0 Å². The van der Waals surface area contributed by atoms with Crippen LogP contribution in [-0.4, -0.2) is 32.0 Å². The fourth-order valence-corrected chi connectivity index (χ4v) is 2.26. The molecule has 1 unspecified atom stereocenters. The number of benzene rings is 2. The van der Waals surface area contributed by atoms with E-state index in [9.17, 15) is 9.59 Å². The van der Waals surface area contributed by atoms with Gasteiger partial charge in [-0.3, -0.25) is 9.59 Å². The van der Waals surface area contributed by atoms with Crippen LogP contribution in [0.3, 0.4) is 0 Å². The molecule has 0 bridgehead atoms. The maximum absolute atomic E-state index is 12.4. The summed E-state index contributed by atoms with van der Waals surface area (Å²) in [7, 11) is 3.14. The Labute approximate surface area is 147 Å². The van der Waals surface area contributed by atoms with Crippen LogP contribution in [0.15, 0.2) is 42.5 Å². The number of amides is 1. The summed E-state index contributed by atoms with van der Waals surface area (Å²) in [6.45, 7) is 3.25. The molecule has 0 spiro atoms. The second kappa shape index (κ2) is 8.19. The van der Waals surface area contributed by atoms with Gasteiger partial charge in [0.15, 0.2) is 5.78 Å². The first-order chi connectivity index (χ1) is 11.9. The molecule has 6 nitrogen and oxygen atoms in total. The molecule has 1 amide bonds. The van der Waals surface area contributed by atoms with Crippen molar-refractivity contribution in [2.75, 3.05) is 24.9 Å². The van der Waals surface area contributed by atoms with E-state index in [-0.39, 0.29) is 11.7 Å². The lowest BCUT2D eigenvalue weighted by Gasteiger charge is -2.18. The highest BCUT2D eigenvalue weighted by atomic mass is 16.5. The Morgan fingerprint density at radius 2 is 1.68 bits per heavy atom. The number of carbonyl (C=O) groups excluding carboxylic acids is 2. The molecular weight excluding hydrogens is 320 g/mol. The normalized spacial score (nSPS) is 11.4. The largest absolute Gasteiger partial charge is 0.497 e. The molecular formula is C19H22N2O4. The van der Waals surface area contributed by atoms with Gasteiger partial charge in [-0.15, -0.1) is 0 Å². The number of hydrogen-bond acceptors (Lipinski definition) is 5. The number of Topliss-reactive ketones (excluding diaryl/α,β-unsaturated/α-hetero) is 1. The van der Waals surface area contributed by atoms with Crippen molar-refractivity contribution in [1.29, 1.82) is 0 Å². The average molecular weight is 342 g/mol. The van der Waals surface area contributed by atoms with Gasteiger partial charge in [0.2, 0.25) is 5.91 Å². The number of ether oxygens (including phenoxy) is 2. The number of hydrogen-bond donors (Lipinski definition) is 2. The zero-order valence-electron chi connectivity index (χ0n) is 14.8. The fraction of sp³-hybridized carbons (Fsp3) is 0.263. The third kappa shape index (κ3) is 4.73. The lowest BCUT2D eigenvalue weighted by Crippen LogP contribution is -2.32. The van der Waals surface area contributed by atoms with Crippen LogP contribution in [0.2, 0.25) is 0 Å². The molecule has 0 aromatic heterocycles. The predicted molar refractivity (Wildman–Crippen MR) is 97.7 cm³/mol. The molecule has 0 saturated carbocycles. The lowest BCUT2D eigenvalue weighted by molar-refractivity contribution is -0.116. The maximum Gasteiger partial charge on any atom is 0.246 e. The van der Waals surface area contributed by atoms with Crippen LogP contribution in [0.5, 0.6) is 11.5 Å². The fourth-order valence-electron chi connectivity index (χ4n) is 2.26. The first-order valence-electron chi connectivity index (χ1n) is 7.85. The average Bonchev–Trinajstić information content (AvgIpc) is 2.61. The molecule has 2 N–H and O–H groups in total. The molecule has 0 radical (unpaired) electrons. The van der Waals surface area contributed by atoms with Crippen molar-refractivity contribution in [1.82, 2.24) is 0 Å². The summed E-state index contributed by atoms with van der Waals surface area (Å²) in [5, 5.41) is 5.92. The number of rotatable bonds is 7. The molecule has 2 aromatic carbocycles. The minimum atomic E-state index is -0.506. The summed E-state index contributed by atoms with van der Waals surface area (Å²) in [6.07, 6.45) is 0. The standard InChI is InChI=1S/C19H22N2O4/c1-12(20-17-11-16(24-3)9-10-18(17)25-4)19(23)21-15-7-5-14(6-8-15)13(2)22/h5-12,20H,1-4H3,(H,21,23). The molecule has 0 aliphatic rings. The zero-order valence-corrected chi connectivity index (χ0v) is 14.8. The Kier molecular flexibility index (Phi) is 6.00. The lowest BCUT2D eigenvalue weighted by atomic mass is 10.1. The molecule has 2 rings (SSSR count). The van der Waals surface area contributed by atoms with Gasteiger partial charge in [0.05, 0.1) is 19.9 Å². The second-order valence-electron chi connectivity index (χ2n) is 5.56. The molecule has 132 valence electrons. The zero-order chi connectivity index (χ0) is 18.4. The van der Waals surface area contributed by atoms with Gasteiger partial charge in [0.1, 0.15) is 17.5 Å². The van der Waals surface area contributed by atoms with Crippen LogP contribution in [0.25, 0.3) is 0 Å². The van der Waals surface area contributed by atoms with Crippen LogP contribution in [0.4, 0.5) is 11.4 Å². The van der Waals surface area contributed by atoms with Crippen molar-refractivity contribution >= 4 is 23.1 Å². The van der Waals surface area contributed by atoms with E-state index in [1.165, 1.54) is 6.92 Å². The van der Waals surface area contributed by atoms with E-state index in [0.29, 0.717) is 28.4 Å². The van der Waals surface area contributed by atoms with Crippen molar-refractivity contribution in [2.45, 2.75) is 19.9 Å². The van der Waals surface area contributed by atoms with Gasteiger partial charge in [0, 0.05) is 17.3 Å². The van der Waals surface area contributed by atoms with Crippen molar-refractivity contribution in [3.8, 4) is 11.5 Å². The molecule has 0 fully saturated rings. The van der Waals surface area contributed by atoms with Crippen LogP contribution in [-0.2, 0) is 4.79 Å². The maximum atomic E-state index is 12.4. The SMILES string of the molecule is COc1ccc(OC)c(NC(C)C(=O)Nc2ccc(C(C)=O)cc2)c1. The Hall–Kier alpha value is -3.02. The number of methoxy groups -OCH3 is 2. The van der Waals surface area contributed by atoms with E-state index in [1.54, 1.807) is 63.6 Å². The first kappa shape index (κ1) is 18.3. The van der Waals surface area contributed by atoms with Gasteiger partial charge in [-0.1, -0.05) is 0 Å². The van der Waals surface area contributed by atoms with E-state index in [1.807, 2.05) is 0 Å². The van der Waals surface area contributed by atoms with E-state index in [4.69, 9.17) is 9.47 Å². The predicted octanol–water partition coefficient (Wildman–Crippen LogP) is 3.35. The molecule has 6 heteroatoms. The smallest absolute Gasteiger partial charge is 0.246 e. The van der Waals surface area contributed by atoms with Gasteiger partial charge in [0.25, 0.3) is 0 Å². The number of nitrogens with one attached hydrogen (secondary N) is 2. The van der Waals surface area contributed by atoms with Crippen LogP contribution >= 0.6 is 0 Å². The second-order valence-corrected chi connectivity index (χ2v) is 5.56. The van der Waals surface area contributed by atoms with Crippen LogP contribution in [0.1, 0.15) is 24.2 Å². The van der Waals surface area contributed by atoms with E-state index >= 15 is 0 Å². The number of ketones is 1. The van der Waals surface area contributed by atoms with Crippen LogP contribution in [0, 0.1) is 0 Å². The van der Waals surface area contributed by atoms with Crippen molar-refractivity contribution < 1.29 is 19.1 Å². The number of carbonyl (C=O) groups is 2. The number of anilines is 2. The Morgan fingerprint density at radius 3 is 2.24 bits per heavy atom. The minimum absolute atomic E-state index is 0.0157. The Morgan fingerprint density at radius 1 is 1.00 bits per heavy atom. The summed E-state index contributed by atoms with van der Waals surface area (Å²) < 4.78 is 10.5. The van der Waals surface area contributed by atoms with Gasteiger partial charge < -0.3 is 20.1 Å². The van der Waals surface area contributed by atoms with Gasteiger partial charge in [-0.05, 0) is 50.2 Å². The molecule has 2 aromatic rings. The molecule has 1 atom stereocenters. The van der Waals surface area contributed by atoms with Gasteiger partial charge in [-0.25, -0.2) is 0 Å². The highest BCUT2D eigenvalue weighted by molar-refractivity contribution is 5.98. The van der Waals surface area contributed by atoms with E-state index in [0.717, 1.165) is 0 Å². The third-order valence-electron chi connectivity index (χ3n) is 3.73. The molecule has 0 aliphatic heterocycles. The quantitative estimate of drug-likeness (QED) is 0.755. The van der Waals surface area contributed by atoms with E-state index in [2.05, 4.69) is 10.6 Å². The highest BCUT2D eigenvalue weighted by Gasteiger charge is 2.15. The topological polar surface area (TPSA) is 76.7 Å². The van der Waals surface area contributed by atoms with Crippen molar-refractivity contribution in [3.63, 3.8) is 0 Å². The summed E-state index contributed by atoms with van der Waals surface area (Å²) in [6, 6.07) is 11.6. The monoisotopic (exact) mass is 342 g/mol. The van der Waals surface area contributed by atoms with Gasteiger partial charge >= 0.3 is 0 Å². The highest BCUT2D eigenvalue weighted by Crippen LogP contribution is 2.29. The van der Waals surface area contributed by atoms with Crippen molar-refractivity contribution in [2.24, 2.45) is 0 Å². The summed E-state index contributed by atoms with van der Waals surface area (Å²) in [4.78, 5) is 23.7. The van der Waals surface area contributed by atoms with Crippen LogP contribution < -0.4 is 20.1 Å². The first-order valence-corrected chi connectivity index (χ1v) is 7.85. The Balaban J connectivity index is 2.06. The summed E-state index contributed by atoms with van der Waals surface area (Å²) in [5.41, 5.74) is 1.89. The molecule has 0 aliphatic carbocycles.